The Kier molecular flexibility index (Phi) is 3.44. The van der Waals surface area contributed by atoms with Gasteiger partial charge in [-0.25, -0.2) is 0 Å². The summed E-state index contributed by atoms with van der Waals surface area (Å²) in [6.07, 6.45) is 0. The SMILES string of the molecule is Cc1c(C#N)c(-c2ccccc2O)c(-c2ccccc2)n1C. The largest absolute Gasteiger partial charge is 0.507 e. The quantitative estimate of drug-likeness (QED) is 0.766. The van der Waals surface area contributed by atoms with E-state index in [1.165, 1.54) is 0 Å². The summed E-state index contributed by atoms with van der Waals surface area (Å²) in [5.41, 5.74) is 4.92. The highest BCUT2D eigenvalue weighted by molar-refractivity contribution is 5.89. The Bertz CT molecular complexity index is 870. The van der Waals surface area contributed by atoms with Crippen molar-refractivity contribution in [1.29, 1.82) is 5.26 Å². The number of nitrogens with zero attached hydrogens (tertiary/aromatic N) is 2. The second kappa shape index (κ2) is 5.42. The van der Waals surface area contributed by atoms with E-state index < -0.39 is 0 Å². The van der Waals surface area contributed by atoms with Crippen LogP contribution < -0.4 is 0 Å². The standard InChI is InChI=1S/C19H16N2O/c1-13-16(12-20)18(15-10-6-7-11-17(15)22)19(21(13)2)14-8-4-3-5-9-14/h3-11,22H,1-2H3. The van der Waals surface area contributed by atoms with Gasteiger partial charge in [0.2, 0.25) is 0 Å². The van der Waals surface area contributed by atoms with Gasteiger partial charge in [0.05, 0.1) is 11.3 Å². The van der Waals surface area contributed by atoms with E-state index in [2.05, 4.69) is 6.07 Å². The van der Waals surface area contributed by atoms with Crippen molar-refractivity contribution in [2.24, 2.45) is 7.05 Å². The lowest BCUT2D eigenvalue weighted by Gasteiger charge is -2.10. The van der Waals surface area contributed by atoms with Gasteiger partial charge in [0.25, 0.3) is 0 Å². The zero-order chi connectivity index (χ0) is 15.7. The van der Waals surface area contributed by atoms with E-state index in [0.29, 0.717) is 11.1 Å². The third kappa shape index (κ3) is 2.06. The second-order valence-electron chi connectivity index (χ2n) is 5.24. The van der Waals surface area contributed by atoms with Crippen LogP contribution in [-0.4, -0.2) is 9.67 Å². The predicted molar refractivity (Wildman–Crippen MR) is 87.4 cm³/mol. The molecule has 0 unspecified atom stereocenters. The zero-order valence-corrected chi connectivity index (χ0v) is 12.5. The van der Waals surface area contributed by atoms with Gasteiger partial charge in [-0.3, -0.25) is 0 Å². The summed E-state index contributed by atoms with van der Waals surface area (Å²) >= 11 is 0. The highest BCUT2D eigenvalue weighted by Gasteiger charge is 2.22. The van der Waals surface area contributed by atoms with Crippen molar-refractivity contribution >= 4 is 0 Å². The van der Waals surface area contributed by atoms with E-state index in [4.69, 9.17) is 0 Å². The Morgan fingerprint density at radius 1 is 1.00 bits per heavy atom. The van der Waals surface area contributed by atoms with Gasteiger partial charge in [-0.15, -0.1) is 0 Å². The van der Waals surface area contributed by atoms with Gasteiger partial charge in [0, 0.05) is 23.9 Å². The number of phenolic OH excluding ortho intramolecular Hbond substituents is 1. The van der Waals surface area contributed by atoms with Crippen LogP contribution in [0.15, 0.2) is 54.6 Å². The van der Waals surface area contributed by atoms with E-state index in [1.54, 1.807) is 12.1 Å². The molecule has 0 saturated heterocycles. The summed E-state index contributed by atoms with van der Waals surface area (Å²) in [7, 11) is 1.95. The van der Waals surface area contributed by atoms with Crippen molar-refractivity contribution in [1.82, 2.24) is 4.57 Å². The van der Waals surface area contributed by atoms with Gasteiger partial charge in [0.15, 0.2) is 0 Å². The van der Waals surface area contributed by atoms with Crippen LogP contribution in [0.1, 0.15) is 11.3 Å². The zero-order valence-electron chi connectivity index (χ0n) is 12.5. The summed E-state index contributed by atoms with van der Waals surface area (Å²) in [5, 5.41) is 19.8. The molecule has 22 heavy (non-hydrogen) atoms. The molecule has 3 nitrogen and oxygen atoms in total. The summed E-state index contributed by atoms with van der Waals surface area (Å²) in [6.45, 7) is 1.93. The molecular formula is C19H16N2O. The topological polar surface area (TPSA) is 48.9 Å². The van der Waals surface area contributed by atoms with Crippen LogP contribution in [0.5, 0.6) is 5.75 Å². The maximum atomic E-state index is 10.2. The second-order valence-corrected chi connectivity index (χ2v) is 5.24. The normalized spacial score (nSPS) is 10.4. The maximum absolute atomic E-state index is 10.2. The molecule has 0 atom stereocenters. The molecule has 108 valence electrons. The molecule has 1 N–H and O–H groups in total. The fourth-order valence-electron chi connectivity index (χ4n) is 2.82. The van der Waals surface area contributed by atoms with Crippen molar-refractivity contribution in [2.75, 3.05) is 0 Å². The first kappa shape index (κ1) is 14.0. The number of para-hydroxylation sites is 1. The molecule has 0 fully saturated rings. The fraction of sp³-hybridized carbons (Fsp3) is 0.105. The number of hydrogen-bond acceptors (Lipinski definition) is 2. The first-order valence-electron chi connectivity index (χ1n) is 7.08. The Morgan fingerprint density at radius 3 is 2.27 bits per heavy atom. The smallest absolute Gasteiger partial charge is 0.123 e. The number of benzene rings is 2. The monoisotopic (exact) mass is 288 g/mol. The van der Waals surface area contributed by atoms with Gasteiger partial charge in [-0.05, 0) is 18.6 Å². The number of hydrogen-bond donors (Lipinski definition) is 1. The lowest BCUT2D eigenvalue weighted by Crippen LogP contribution is -1.94. The first-order chi connectivity index (χ1) is 10.6. The van der Waals surface area contributed by atoms with E-state index in [1.807, 2.05) is 61.0 Å². The average molecular weight is 288 g/mol. The molecule has 3 aromatic rings. The van der Waals surface area contributed by atoms with Crippen molar-refractivity contribution < 1.29 is 5.11 Å². The Balaban J connectivity index is 2.41. The third-order valence-electron chi connectivity index (χ3n) is 4.02. The number of rotatable bonds is 2. The first-order valence-corrected chi connectivity index (χ1v) is 7.08. The molecular weight excluding hydrogens is 272 g/mol. The lowest BCUT2D eigenvalue weighted by molar-refractivity contribution is 0.477. The van der Waals surface area contributed by atoms with Crippen LogP contribution in [0.3, 0.4) is 0 Å². The predicted octanol–water partition coefficient (Wildman–Crippen LogP) is 4.24. The van der Waals surface area contributed by atoms with Crippen LogP contribution in [0, 0.1) is 18.3 Å². The minimum Gasteiger partial charge on any atom is -0.507 e. The summed E-state index contributed by atoms with van der Waals surface area (Å²) < 4.78 is 2.01. The molecule has 1 heterocycles. The lowest BCUT2D eigenvalue weighted by atomic mass is 9.97. The van der Waals surface area contributed by atoms with Crippen molar-refractivity contribution in [3.8, 4) is 34.2 Å². The van der Waals surface area contributed by atoms with Gasteiger partial charge in [0.1, 0.15) is 11.8 Å². The maximum Gasteiger partial charge on any atom is 0.123 e. The highest BCUT2D eigenvalue weighted by atomic mass is 16.3. The van der Waals surface area contributed by atoms with Gasteiger partial charge >= 0.3 is 0 Å². The molecule has 0 spiro atoms. The molecule has 0 amide bonds. The molecule has 2 aromatic carbocycles. The minimum atomic E-state index is 0.182. The molecule has 0 aliphatic heterocycles. The number of phenols is 1. The molecule has 1 aromatic heterocycles. The minimum absolute atomic E-state index is 0.182. The van der Waals surface area contributed by atoms with Gasteiger partial charge < -0.3 is 9.67 Å². The van der Waals surface area contributed by atoms with Gasteiger partial charge in [-0.1, -0.05) is 48.5 Å². The Hall–Kier alpha value is -2.99. The van der Waals surface area contributed by atoms with Crippen LogP contribution >= 0.6 is 0 Å². The summed E-state index contributed by atoms with van der Waals surface area (Å²) in [4.78, 5) is 0. The molecule has 3 rings (SSSR count). The van der Waals surface area contributed by atoms with Crippen LogP contribution in [0.4, 0.5) is 0 Å². The van der Waals surface area contributed by atoms with E-state index in [0.717, 1.165) is 22.5 Å². The fourth-order valence-corrected chi connectivity index (χ4v) is 2.82. The van der Waals surface area contributed by atoms with Crippen LogP contribution in [0.2, 0.25) is 0 Å². The Morgan fingerprint density at radius 2 is 1.64 bits per heavy atom. The van der Waals surface area contributed by atoms with E-state index in [-0.39, 0.29) is 5.75 Å². The van der Waals surface area contributed by atoms with Gasteiger partial charge in [-0.2, -0.15) is 5.26 Å². The number of aromatic nitrogens is 1. The average Bonchev–Trinajstić information content (AvgIpc) is 2.80. The molecule has 0 saturated carbocycles. The Labute approximate surface area is 129 Å². The van der Waals surface area contributed by atoms with Crippen LogP contribution in [-0.2, 0) is 7.05 Å². The number of nitriles is 1. The third-order valence-corrected chi connectivity index (χ3v) is 4.02. The van der Waals surface area contributed by atoms with Crippen molar-refractivity contribution in [3.63, 3.8) is 0 Å². The summed E-state index contributed by atoms with van der Waals surface area (Å²) in [5.74, 6) is 0.182. The molecule has 3 heteroatoms. The van der Waals surface area contributed by atoms with E-state index >= 15 is 0 Å². The van der Waals surface area contributed by atoms with Crippen LogP contribution in [0.25, 0.3) is 22.4 Å². The molecule has 0 aliphatic carbocycles. The van der Waals surface area contributed by atoms with Crippen molar-refractivity contribution in [3.05, 3.63) is 65.9 Å². The van der Waals surface area contributed by atoms with E-state index in [9.17, 15) is 10.4 Å². The molecule has 0 aliphatic rings. The summed E-state index contributed by atoms with van der Waals surface area (Å²) in [6, 6.07) is 19.4. The number of aromatic hydroxyl groups is 1. The molecule has 0 radical (unpaired) electrons. The molecule has 0 bridgehead atoms. The highest BCUT2D eigenvalue weighted by Crippen LogP contribution is 2.41. The van der Waals surface area contributed by atoms with Crippen molar-refractivity contribution in [2.45, 2.75) is 6.92 Å².